The number of hydrogen-bond acceptors (Lipinski definition) is 3. The molecule has 2 aromatic rings. The lowest BCUT2D eigenvalue weighted by atomic mass is 9.79. The second kappa shape index (κ2) is 17.5. The van der Waals surface area contributed by atoms with E-state index >= 15 is 0 Å². The molecular weight excluding hydrogens is 789 g/mol. The standard InChI is InChI=1S/C61H65N4/c1-43-16-15-23-51(40-43)65-59-27-14-12-25-55(59)57-42-53(37-39-61(57)65)63(47-19-7-3-8-20-47)50-34-30-45(31-35-50)44-28-32-49(33-29-44)62(46-17-5-2-6-18-46)52-36-38-60-56(41-52)54-24-11-13-26-58(54)64(60)48-21-9-4-10-22-48/h2-7,9,11-17,21,23-28,32,36-39,42-43,45-47,56-57,61H,8,10,18-20,22,29-31,33-35,40-41H2,1H3/q+1. The summed E-state index contributed by atoms with van der Waals surface area (Å²) in [6.07, 6.45) is 61.8. The summed E-state index contributed by atoms with van der Waals surface area (Å²) in [6.45, 7) is 2.35. The fraction of sp³-hybridized carbons (Fsp3) is 0.361. The molecule has 6 unspecified atom stereocenters. The van der Waals surface area contributed by atoms with E-state index in [0.717, 1.165) is 44.9 Å². The van der Waals surface area contributed by atoms with E-state index in [1.165, 1.54) is 102 Å². The van der Waals surface area contributed by atoms with Crippen molar-refractivity contribution < 1.29 is 4.58 Å². The molecule has 4 heteroatoms. The Balaban J connectivity index is 0.803. The molecule has 0 radical (unpaired) electrons. The Bertz CT molecular complexity index is 2680. The zero-order valence-electron chi connectivity index (χ0n) is 38.3. The smallest absolute Gasteiger partial charge is 0.201 e. The molecule has 0 spiro atoms. The minimum absolute atomic E-state index is 0.336. The molecule has 0 aromatic heterocycles. The average molecular weight is 854 g/mol. The van der Waals surface area contributed by atoms with Crippen LogP contribution in [-0.4, -0.2) is 33.3 Å². The lowest BCUT2D eigenvalue weighted by molar-refractivity contribution is -0.518. The van der Waals surface area contributed by atoms with Gasteiger partial charge in [0.05, 0.1) is 12.1 Å². The van der Waals surface area contributed by atoms with Crippen molar-refractivity contribution in [1.82, 2.24) is 4.90 Å². The van der Waals surface area contributed by atoms with E-state index in [1.54, 1.807) is 11.3 Å². The van der Waals surface area contributed by atoms with E-state index < -0.39 is 0 Å². The van der Waals surface area contributed by atoms with E-state index in [0.29, 0.717) is 41.8 Å². The zero-order valence-corrected chi connectivity index (χ0v) is 38.3. The monoisotopic (exact) mass is 854 g/mol. The number of hydrogen-bond donors (Lipinski definition) is 0. The van der Waals surface area contributed by atoms with Crippen molar-refractivity contribution in [2.24, 2.45) is 11.8 Å². The molecule has 6 atom stereocenters. The van der Waals surface area contributed by atoms with Gasteiger partial charge in [0, 0.05) is 89.9 Å². The van der Waals surface area contributed by atoms with E-state index in [4.69, 9.17) is 0 Å². The van der Waals surface area contributed by atoms with Gasteiger partial charge in [-0.1, -0.05) is 122 Å². The van der Waals surface area contributed by atoms with Crippen LogP contribution in [0.4, 0.5) is 11.4 Å². The van der Waals surface area contributed by atoms with Gasteiger partial charge in [-0.25, -0.2) is 0 Å². The molecule has 1 fully saturated rings. The Morgan fingerprint density at radius 2 is 1.48 bits per heavy atom. The van der Waals surface area contributed by atoms with Crippen LogP contribution < -0.4 is 9.80 Å². The van der Waals surface area contributed by atoms with Gasteiger partial charge in [-0.05, 0) is 129 Å². The van der Waals surface area contributed by atoms with Crippen molar-refractivity contribution >= 4 is 17.1 Å². The van der Waals surface area contributed by atoms with Gasteiger partial charge in [0.1, 0.15) is 0 Å². The maximum atomic E-state index is 2.85. The molecule has 4 nitrogen and oxygen atoms in total. The maximum Gasteiger partial charge on any atom is 0.201 e. The van der Waals surface area contributed by atoms with Gasteiger partial charge in [0.2, 0.25) is 5.70 Å². The first-order valence-corrected chi connectivity index (χ1v) is 25.3. The van der Waals surface area contributed by atoms with Crippen molar-refractivity contribution in [2.75, 3.05) is 9.80 Å². The summed E-state index contributed by atoms with van der Waals surface area (Å²) in [6, 6.07) is 19.6. The zero-order chi connectivity index (χ0) is 43.3. The minimum atomic E-state index is 0.336. The van der Waals surface area contributed by atoms with Crippen molar-refractivity contribution in [3.8, 4) is 0 Å². The predicted molar refractivity (Wildman–Crippen MR) is 271 cm³/mol. The highest BCUT2D eigenvalue weighted by atomic mass is 15.2. The number of anilines is 2. The molecule has 2 heterocycles. The van der Waals surface area contributed by atoms with Crippen LogP contribution in [0.2, 0.25) is 0 Å². The van der Waals surface area contributed by atoms with Crippen LogP contribution in [0.1, 0.15) is 120 Å². The van der Waals surface area contributed by atoms with Gasteiger partial charge < -0.3 is 14.7 Å². The molecule has 0 N–H and O–H groups in total. The SMILES string of the molecule is CC1C=CC=C(N2c3ccccc3C3C=C([N+](=C4CCC(C5=CC=C(N(C6=CC=C7C(C6)c6ccccc6N7C6=CC=CCC6)C6C=CC=CC6)CC5)CC4)C4CC=CCC4)C=CC32)C1. The Hall–Kier alpha value is -5.87. The summed E-state index contributed by atoms with van der Waals surface area (Å²) in [5.74, 6) is 1.97. The highest BCUT2D eigenvalue weighted by molar-refractivity contribution is 5.81. The van der Waals surface area contributed by atoms with Crippen LogP contribution in [0.3, 0.4) is 0 Å². The van der Waals surface area contributed by atoms with E-state index in [2.05, 4.69) is 190 Å². The molecule has 1 saturated carbocycles. The van der Waals surface area contributed by atoms with Crippen molar-refractivity contribution in [2.45, 2.75) is 127 Å². The van der Waals surface area contributed by atoms with Crippen molar-refractivity contribution in [1.29, 1.82) is 0 Å². The fourth-order valence-corrected chi connectivity index (χ4v) is 13.2. The number of benzene rings is 2. The largest absolute Gasteiger partial charge is 0.341 e. The van der Waals surface area contributed by atoms with E-state index in [9.17, 15) is 0 Å². The first kappa shape index (κ1) is 40.6. The third kappa shape index (κ3) is 7.51. The highest BCUT2D eigenvalue weighted by Crippen LogP contribution is 2.52. The van der Waals surface area contributed by atoms with Crippen molar-refractivity contribution in [3.05, 3.63) is 215 Å². The molecule has 0 amide bonds. The van der Waals surface area contributed by atoms with Crippen LogP contribution >= 0.6 is 0 Å². The average Bonchev–Trinajstić information content (AvgIpc) is 3.88. The Kier molecular flexibility index (Phi) is 10.9. The lowest BCUT2D eigenvalue weighted by Gasteiger charge is -2.40. The maximum absolute atomic E-state index is 2.85. The molecule has 65 heavy (non-hydrogen) atoms. The molecule has 0 saturated heterocycles. The molecule has 2 aromatic carbocycles. The third-order valence-corrected chi connectivity index (χ3v) is 16.3. The summed E-state index contributed by atoms with van der Waals surface area (Å²) < 4.78 is 2.85. The van der Waals surface area contributed by atoms with Gasteiger partial charge in [-0.3, -0.25) is 0 Å². The lowest BCUT2D eigenvalue weighted by Crippen LogP contribution is -2.37. The first-order chi connectivity index (χ1) is 32.2. The molecule has 0 bridgehead atoms. The quantitative estimate of drug-likeness (QED) is 0.194. The molecule has 328 valence electrons. The molecular formula is C61H65N4+. The van der Waals surface area contributed by atoms with Crippen LogP contribution in [0.5, 0.6) is 0 Å². The summed E-state index contributed by atoms with van der Waals surface area (Å²) in [4.78, 5) is 7.97. The van der Waals surface area contributed by atoms with Crippen LogP contribution in [0.15, 0.2) is 204 Å². The first-order valence-electron chi connectivity index (χ1n) is 25.3. The number of para-hydroxylation sites is 2. The Morgan fingerprint density at radius 3 is 2.26 bits per heavy atom. The van der Waals surface area contributed by atoms with Crippen LogP contribution in [-0.2, 0) is 0 Å². The van der Waals surface area contributed by atoms with Crippen molar-refractivity contribution in [3.63, 3.8) is 0 Å². The Labute approximate surface area is 388 Å². The summed E-state index contributed by atoms with van der Waals surface area (Å²) >= 11 is 0. The highest BCUT2D eigenvalue weighted by Gasteiger charge is 2.43. The van der Waals surface area contributed by atoms with Gasteiger partial charge in [-0.15, -0.1) is 0 Å². The summed E-state index contributed by atoms with van der Waals surface area (Å²) in [7, 11) is 0. The molecule has 2 aliphatic heterocycles. The number of nitrogens with zero attached hydrogens (tertiary/aromatic N) is 4. The Morgan fingerprint density at radius 1 is 0.631 bits per heavy atom. The van der Waals surface area contributed by atoms with Gasteiger partial charge in [0.15, 0.2) is 11.8 Å². The second-order valence-corrected chi connectivity index (χ2v) is 20.2. The minimum Gasteiger partial charge on any atom is -0.341 e. The molecule has 10 aliphatic rings. The third-order valence-electron chi connectivity index (χ3n) is 16.3. The van der Waals surface area contributed by atoms with E-state index in [1.807, 2.05) is 0 Å². The second-order valence-electron chi connectivity index (χ2n) is 20.2. The summed E-state index contributed by atoms with van der Waals surface area (Å²) in [5.41, 5.74) is 17.8. The number of rotatable bonds is 8. The number of allylic oxidation sites excluding steroid dienone is 20. The van der Waals surface area contributed by atoms with Gasteiger partial charge >= 0.3 is 0 Å². The predicted octanol–water partition coefficient (Wildman–Crippen LogP) is 14.4. The molecule has 8 aliphatic carbocycles. The number of fused-ring (bicyclic) bond motifs is 6. The van der Waals surface area contributed by atoms with Crippen LogP contribution in [0.25, 0.3) is 0 Å². The summed E-state index contributed by atoms with van der Waals surface area (Å²) in [5, 5.41) is 0. The molecule has 12 rings (SSSR count). The van der Waals surface area contributed by atoms with E-state index in [-0.39, 0.29) is 0 Å². The van der Waals surface area contributed by atoms with Gasteiger partial charge in [-0.2, -0.15) is 4.58 Å². The van der Waals surface area contributed by atoms with Crippen LogP contribution in [0, 0.1) is 11.8 Å². The normalized spacial score (nSPS) is 29.7. The van der Waals surface area contributed by atoms with Gasteiger partial charge in [0.25, 0.3) is 0 Å². The topological polar surface area (TPSA) is 12.7 Å². The fourth-order valence-electron chi connectivity index (χ4n) is 13.2.